The number of thioether (sulfide) groups is 1. The molecule has 2 aromatic rings. The van der Waals surface area contributed by atoms with Gasteiger partial charge in [0.05, 0.1) is 31.0 Å². The number of benzene rings is 1. The van der Waals surface area contributed by atoms with Gasteiger partial charge in [0.15, 0.2) is 11.5 Å². The summed E-state index contributed by atoms with van der Waals surface area (Å²) in [6.45, 7) is 4.28. The van der Waals surface area contributed by atoms with Gasteiger partial charge in [0.1, 0.15) is 6.54 Å². The highest BCUT2D eigenvalue weighted by atomic mass is 35.5. The van der Waals surface area contributed by atoms with E-state index in [1.807, 2.05) is 26.1 Å². The number of nitrogens with two attached hydrogens (primary N) is 1. The standard InChI is InChI=1S/C14H20ClN5O2S/c1-4-22-12-8-10(7-11(15)13(12)21-3)9-16-5-6-23-14-17-18-19-20(14)2/h7-8,16H,4-6,9H2,1-3H3/p+1. The number of aryl methyl sites for hydroxylation is 1. The predicted octanol–water partition coefficient (Wildman–Crippen LogP) is 1.13. The lowest BCUT2D eigenvalue weighted by molar-refractivity contribution is -0.666. The van der Waals surface area contributed by atoms with Crippen LogP contribution in [0.3, 0.4) is 0 Å². The van der Waals surface area contributed by atoms with Crippen molar-refractivity contribution in [2.75, 3.05) is 26.0 Å². The lowest BCUT2D eigenvalue weighted by atomic mass is 10.2. The van der Waals surface area contributed by atoms with E-state index in [2.05, 4.69) is 20.8 Å². The number of methoxy groups -OCH3 is 1. The second-order valence-electron chi connectivity index (χ2n) is 4.76. The predicted molar refractivity (Wildman–Crippen MR) is 89.2 cm³/mol. The molecule has 2 rings (SSSR count). The van der Waals surface area contributed by atoms with Crippen LogP contribution in [-0.4, -0.2) is 46.2 Å². The first kappa shape index (κ1) is 17.8. The fourth-order valence-electron chi connectivity index (χ4n) is 2.05. The number of quaternary nitrogens is 1. The average molecular weight is 359 g/mol. The SMILES string of the molecule is CCOc1cc(C[NH2+]CCSc2nnnn2C)cc(Cl)c1OC. The van der Waals surface area contributed by atoms with E-state index >= 15 is 0 Å². The van der Waals surface area contributed by atoms with Crippen LogP contribution in [0.15, 0.2) is 17.3 Å². The summed E-state index contributed by atoms with van der Waals surface area (Å²) in [5.41, 5.74) is 1.10. The Kier molecular flexibility index (Phi) is 6.94. The van der Waals surface area contributed by atoms with E-state index in [0.29, 0.717) is 23.1 Å². The lowest BCUT2D eigenvalue weighted by Crippen LogP contribution is -2.83. The fourth-order valence-corrected chi connectivity index (χ4v) is 3.14. The number of aromatic nitrogens is 4. The summed E-state index contributed by atoms with van der Waals surface area (Å²) in [6, 6.07) is 3.89. The van der Waals surface area contributed by atoms with E-state index in [9.17, 15) is 0 Å². The first-order chi connectivity index (χ1) is 11.2. The van der Waals surface area contributed by atoms with Crippen LogP contribution in [0.1, 0.15) is 12.5 Å². The van der Waals surface area contributed by atoms with Crippen molar-refractivity contribution in [2.45, 2.75) is 18.6 Å². The molecule has 1 heterocycles. The smallest absolute Gasteiger partial charge is 0.209 e. The van der Waals surface area contributed by atoms with Crippen LogP contribution < -0.4 is 14.8 Å². The van der Waals surface area contributed by atoms with Crippen LogP contribution in [0, 0.1) is 0 Å². The second-order valence-corrected chi connectivity index (χ2v) is 6.23. The Morgan fingerprint density at radius 3 is 2.87 bits per heavy atom. The molecule has 0 aliphatic heterocycles. The molecule has 1 aromatic carbocycles. The van der Waals surface area contributed by atoms with Crippen LogP contribution in [-0.2, 0) is 13.6 Å². The molecule has 0 aliphatic rings. The van der Waals surface area contributed by atoms with Gasteiger partial charge in [-0.3, -0.25) is 0 Å². The van der Waals surface area contributed by atoms with Crippen molar-refractivity contribution in [2.24, 2.45) is 7.05 Å². The summed E-state index contributed by atoms with van der Waals surface area (Å²) < 4.78 is 12.5. The third kappa shape index (κ3) is 4.98. The maximum atomic E-state index is 6.25. The Balaban J connectivity index is 1.84. The van der Waals surface area contributed by atoms with Crippen LogP contribution >= 0.6 is 23.4 Å². The number of halogens is 1. The van der Waals surface area contributed by atoms with Crippen molar-refractivity contribution < 1.29 is 14.8 Å². The van der Waals surface area contributed by atoms with E-state index in [1.54, 1.807) is 23.6 Å². The van der Waals surface area contributed by atoms with Gasteiger partial charge < -0.3 is 14.8 Å². The number of rotatable bonds is 9. The summed E-state index contributed by atoms with van der Waals surface area (Å²) in [7, 11) is 3.43. The van der Waals surface area contributed by atoms with E-state index < -0.39 is 0 Å². The van der Waals surface area contributed by atoms with Gasteiger partial charge in [-0.15, -0.1) is 5.10 Å². The van der Waals surface area contributed by atoms with Crippen LogP contribution in [0.4, 0.5) is 0 Å². The molecule has 0 saturated heterocycles. The van der Waals surface area contributed by atoms with E-state index in [4.69, 9.17) is 21.1 Å². The summed E-state index contributed by atoms with van der Waals surface area (Å²) in [5, 5.41) is 15.0. The summed E-state index contributed by atoms with van der Waals surface area (Å²) in [4.78, 5) is 0. The Labute approximate surface area is 144 Å². The molecular weight excluding hydrogens is 338 g/mol. The Hall–Kier alpha value is -1.51. The number of ether oxygens (including phenoxy) is 2. The molecule has 0 fully saturated rings. The third-order valence-electron chi connectivity index (χ3n) is 3.09. The van der Waals surface area contributed by atoms with Crippen molar-refractivity contribution in [1.29, 1.82) is 0 Å². The highest BCUT2D eigenvalue weighted by Gasteiger charge is 2.12. The summed E-state index contributed by atoms with van der Waals surface area (Å²) >= 11 is 7.88. The molecule has 0 atom stereocenters. The number of hydrogen-bond acceptors (Lipinski definition) is 6. The molecule has 1 aromatic heterocycles. The average Bonchev–Trinajstić information content (AvgIpc) is 2.92. The van der Waals surface area contributed by atoms with Gasteiger partial charge in [-0.25, -0.2) is 4.68 Å². The van der Waals surface area contributed by atoms with Crippen LogP contribution in [0.2, 0.25) is 5.02 Å². The van der Waals surface area contributed by atoms with E-state index in [0.717, 1.165) is 29.6 Å². The Morgan fingerprint density at radius 2 is 2.22 bits per heavy atom. The molecule has 126 valence electrons. The highest BCUT2D eigenvalue weighted by molar-refractivity contribution is 7.99. The van der Waals surface area contributed by atoms with Gasteiger partial charge >= 0.3 is 0 Å². The molecule has 9 heteroatoms. The zero-order valence-corrected chi connectivity index (χ0v) is 15.0. The van der Waals surface area contributed by atoms with E-state index in [-0.39, 0.29) is 0 Å². The largest absolute Gasteiger partial charge is 0.491 e. The molecule has 0 unspecified atom stereocenters. The number of hydrogen-bond donors (Lipinski definition) is 1. The number of tetrazole rings is 1. The zero-order chi connectivity index (χ0) is 16.7. The first-order valence-corrected chi connectivity index (χ1v) is 8.68. The molecule has 0 spiro atoms. The molecule has 23 heavy (non-hydrogen) atoms. The monoisotopic (exact) mass is 358 g/mol. The molecule has 0 amide bonds. The van der Waals surface area contributed by atoms with E-state index in [1.165, 1.54) is 0 Å². The summed E-state index contributed by atoms with van der Waals surface area (Å²) in [5.74, 6) is 2.20. The van der Waals surface area contributed by atoms with Crippen molar-refractivity contribution in [1.82, 2.24) is 20.2 Å². The fraction of sp³-hybridized carbons (Fsp3) is 0.500. The molecule has 2 N–H and O–H groups in total. The molecular formula is C14H21ClN5O2S+. The maximum Gasteiger partial charge on any atom is 0.209 e. The van der Waals surface area contributed by atoms with Gasteiger partial charge in [-0.05, 0) is 29.5 Å². The van der Waals surface area contributed by atoms with Gasteiger partial charge in [0.25, 0.3) is 0 Å². The quantitative estimate of drug-likeness (QED) is 0.534. The van der Waals surface area contributed by atoms with Crippen molar-refractivity contribution in [3.63, 3.8) is 0 Å². The topological polar surface area (TPSA) is 78.7 Å². The Morgan fingerprint density at radius 1 is 1.39 bits per heavy atom. The van der Waals surface area contributed by atoms with Crippen molar-refractivity contribution in [3.05, 3.63) is 22.7 Å². The van der Waals surface area contributed by atoms with Crippen LogP contribution in [0.25, 0.3) is 0 Å². The molecule has 7 nitrogen and oxygen atoms in total. The lowest BCUT2D eigenvalue weighted by Gasteiger charge is -2.12. The maximum absolute atomic E-state index is 6.25. The van der Waals surface area contributed by atoms with Crippen LogP contribution in [0.5, 0.6) is 11.5 Å². The van der Waals surface area contributed by atoms with Crippen molar-refractivity contribution >= 4 is 23.4 Å². The van der Waals surface area contributed by atoms with Crippen molar-refractivity contribution in [3.8, 4) is 11.5 Å². The third-order valence-corrected chi connectivity index (χ3v) is 4.41. The number of nitrogens with zero attached hydrogens (tertiary/aromatic N) is 4. The molecule has 0 bridgehead atoms. The highest BCUT2D eigenvalue weighted by Crippen LogP contribution is 2.36. The zero-order valence-electron chi connectivity index (χ0n) is 13.5. The minimum absolute atomic E-state index is 0.571. The van der Waals surface area contributed by atoms with Gasteiger partial charge in [0, 0.05) is 12.6 Å². The normalized spacial score (nSPS) is 10.8. The van der Waals surface area contributed by atoms with Gasteiger partial charge in [0.2, 0.25) is 5.16 Å². The summed E-state index contributed by atoms with van der Waals surface area (Å²) in [6.07, 6.45) is 0. The molecule has 0 saturated carbocycles. The minimum atomic E-state index is 0.571. The molecule has 0 radical (unpaired) electrons. The minimum Gasteiger partial charge on any atom is -0.491 e. The first-order valence-electron chi connectivity index (χ1n) is 7.31. The molecule has 0 aliphatic carbocycles. The second kappa shape index (κ2) is 8.95. The Bertz CT molecular complexity index is 638. The van der Waals surface area contributed by atoms with Gasteiger partial charge in [-0.2, -0.15) is 0 Å². The van der Waals surface area contributed by atoms with Gasteiger partial charge in [-0.1, -0.05) is 23.4 Å².